The average Bonchev–Trinajstić information content (AvgIpc) is 2.16. The SMILES string of the molecule is CC(B(C(C)C(=O)O)C(C)C(=O)O)C(=O)O.[NaH]. The van der Waals surface area contributed by atoms with Crippen molar-refractivity contribution in [3.63, 3.8) is 0 Å². The van der Waals surface area contributed by atoms with Crippen LogP contribution in [-0.2, 0) is 14.4 Å². The third kappa shape index (κ3) is 5.10. The van der Waals surface area contributed by atoms with E-state index in [0.29, 0.717) is 0 Å². The van der Waals surface area contributed by atoms with Crippen molar-refractivity contribution >= 4 is 54.2 Å². The molecule has 3 unspecified atom stereocenters. The van der Waals surface area contributed by atoms with E-state index in [-0.39, 0.29) is 29.6 Å². The Hall–Kier alpha value is -0.525. The minimum absolute atomic E-state index is 0. The maximum absolute atomic E-state index is 10.8. The summed E-state index contributed by atoms with van der Waals surface area (Å²) in [6, 6.07) is 0. The Balaban J connectivity index is 0. The van der Waals surface area contributed by atoms with E-state index in [4.69, 9.17) is 15.3 Å². The molecule has 0 aromatic heterocycles. The van der Waals surface area contributed by atoms with Gasteiger partial charge in [0.2, 0.25) is 0 Å². The van der Waals surface area contributed by atoms with E-state index in [1.54, 1.807) is 0 Å². The van der Waals surface area contributed by atoms with Crippen molar-refractivity contribution in [2.45, 2.75) is 38.2 Å². The molecule has 0 aliphatic rings. The zero-order valence-electron chi connectivity index (χ0n) is 9.38. The molecule has 0 amide bonds. The van der Waals surface area contributed by atoms with E-state index >= 15 is 0 Å². The van der Waals surface area contributed by atoms with Gasteiger partial charge in [-0.05, 0) is 0 Å². The van der Waals surface area contributed by atoms with E-state index < -0.39 is 42.1 Å². The van der Waals surface area contributed by atoms with Crippen molar-refractivity contribution in [2.75, 3.05) is 0 Å². The van der Waals surface area contributed by atoms with Crippen LogP contribution in [0.25, 0.3) is 0 Å². The molecule has 0 bridgehead atoms. The molecule has 0 saturated carbocycles. The number of carboxylic acids is 3. The zero-order chi connectivity index (χ0) is 13.0. The third-order valence-electron chi connectivity index (χ3n) is 2.90. The summed E-state index contributed by atoms with van der Waals surface area (Å²) in [5.41, 5.74) is 0. The molecule has 0 spiro atoms. The van der Waals surface area contributed by atoms with Crippen molar-refractivity contribution in [3.8, 4) is 0 Å². The molecular formula is C9H16BNaO6. The molecule has 0 aromatic carbocycles. The molecule has 0 heterocycles. The van der Waals surface area contributed by atoms with Gasteiger partial charge in [-0.15, -0.1) is 0 Å². The van der Waals surface area contributed by atoms with Crippen LogP contribution in [-0.4, -0.2) is 69.5 Å². The number of carboxylic acid groups (broad SMARTS) is 3. The standard InChI is InChI=1S/C9H15BO6.Na.H/c1-4(7(11)12)10(5(2)8(13)14)6(3)9(15)16;;/h4-6H,1-3H3,(H,11,12)(H,13,14)(H,15,16);;. The second kappa shape index (κ2) is 7.73. The Morgan fingerprint density at radius 1 is 0.765 bits per heavy atom. The summed E-state index contributed by atoms with van der Waals surface area (Å²) in [6.07, 6.45) is 0. The van der Waals surface area contributed by atoms with Gasteiger partial charge in [-0.1, -0.05) is 20.8 Å². The van der Waals surface area contributed by atoms with Crippen molar-refractivity contribution < 1.29 is 29.7 Å². The van der Waals surface area contributed by atoms with Crippen LogP contribution < -0.4 is 0 Å². The van der Waals surface area contributed by atoms with Crippen molar-refractivity contribution in [2.24, 2.45) is 0 Å². The van der Waals surface area contributed by atoms with Gasteiger partial charge in [0.15, 0.2) is 6.71 Å². The summed E-state index contributed by atoms with van der Waals surface area (Å²) in [6.45, 7) is 3.04. The fourth-order valence-corrected chi connectivity index (χ4v) is 1.79. The summed E-state index contributed by atoms with van der Waals surface area (Å²) in [4.78, 5) is 32.4. The van der Waals surface area contributed by atoms with Crippen LogP contribution in [0.2, 0.25) is 17.5 Å². The summed E-state index contributed by atoms with van der Waals surface area (Å²) >= 11 is 0. The Morgan fingerprint density at radius 2 is 0.941 bits per heavy atom. The number of hydrogen-bond donors (Lipinski definition) is 3. The van der Waals surface area contributed by atoms with E-state index in [2.05, 4.69) is 0 Å². The summed E-state index contributed by atoms with van der Waals surface area (Å²) in [5.74, 6) is -6.62. The second-order valence-electron chi connectivity index (χ2n) is 3.96. The minimum atomic E-state index is -1.19. The molecule has 0 aliphatic carbocycles. The first-order valence-electron chi connectivity index (χ1n) is 4.88. The van der Waals surface area contributed by atoms with Crippen LogP contribution in [0.4, 0.5) is 0 Å². The summed E-state index contributed by atoms with van der Waals surface area (Å²) in [7, 11) is 0. The van der Waals surface area contributed by atoms with E-state index in [1.807, 2.05) is 0 Å². The Morgan fingerprint density at radius 3 is 1.06 bits per heavy atom. The average molecular weight is 254 g/mol. The summed E-state index contributed by atoms with van der Waals surface area (Å²) < 4.78 is 0. The fraction of sp³-hybridized carbons (Fsp3) is 0.667. The predicted molar refractivity (Wildman–Crippen MR) is 64.1 cm³/mol. The first-order chi connectivity index (χ1) is 7.20. The monoisotopic (exact) mass is 254 g/mol. The van der Waals surface area contributed by atoms with Crippen LogP contribution >= 0.6 is 0 Å². The van der Waals surface area contributed by atoms with Crippen molar-refractivity contribution in [3.05, 3.63) is 0 Å². The molecule has 0 saturated heterocycles. The van der Waals surface area contributed by atoms with Crippen molar-refractivity contribution in [1.29, 1.82) is 0 Å². The number of hydrogen-bond acceptors (Lipinski definition) is 3. The molecule has 3 N–H and O–H groups in total. The van der Waals surface area contributed by atoms with Gasteiger partial charge in [0.1, 0.15) is 0 Å². The molecule has 0 rings (SSSR count). The van der Waals surface area contributed by atoms with Gasteiger partial charge in [-0.3, -0.25) is 14.4 Å². The molecule has 6 nitrogen and oxygen atoms in total. The number of rotatable bonds is 6. The van der Waals surface area contributed by atoms with Crippen LogP contribution in [0.3, 0.4) is 0 Å². The quantitative estimate of drug-likeness (QED) is 0.586. The maximum atomic E-state index is 10.8. The van der Waals surface area contributed by atoms with Crippen LogP contribution in [0.15, 0.2) is 0 Å². The number of aliphatic carboxylic acids is 3. The first-order valence-corrected chi connectivity index (χ1v) is 4.88. The van der Waals surface area contributed by atoms with Gasteiger partial charge in [-0.2, -0.15) is 0 Å². The van der Waals surface area contributed by atoms with Gasteiger partial charge in [-0.25, -0.2) is 0 Å². The van der Waals surface area contributed by atoms with E-state index in [0.717, 1.165) is 0 Å². The zero-order valence-corrected chi connectivity index (χ0v) is 9.38. The Kier molecular flexibility index (Phi) is 8.57. The van der Waals surface area contributed by atoms with Crippen LogP contribution in [0.5, 0.6) is 0 Å². The Labute approximate surface area is 122 Å². The topological polar surface area (TPSA) is 112 Å². The van der Waals surface area contributed by atoms with Gasteiger partial charge in [0, 0.05) is 17.5 Å². The fourth-order valence-electron chi connectivity index (χ4n) is 1.79. The number of carbonyl (C=O) groups is 3. The second-order valence-corrected chi connectivity index (χ2v) is 3.96. The van der Waals surface area contributed by atoms with E-state index in [9.17, 15) is 14.4 Å². The summed E-state index contributed by atoms with van der Waals surface area (Å²) in [5, 5.41) is 26.5. The molecular weight excluding hydrogens is 238 g/mol. The van der Waals surface area contributed by atoms with Gasteiger partial charge in [0.05, 0.1) is 0 Å². The third-order valence-corrected chi connectivity index (χ3v) is 2.90. The molecule has 17 heavy (non-hydrogen) atoms. The molecule has 92 valence electrons. The van der Waals surface area contributed by atoms with E-state index in [1.165, 1.54) is 20.8 Å². The molecule has 8 heteroatoms. The Bertz CT molecular complexity index is 260. The molecule has 0 radical (unpaired) electrons. The van der Waals surface area contributed by atoms with Gasteiger partial charge >= 0.3 is 29.6 Å². The molecule has 0 aliphatic heterocycles. The van der Waals surface area contributed by atoms with Gasteiger partial charge < -0.3 is 15.3 Å². The normalized spacial score (nSPS) is 15.0. The van der Waals surface area contributed by atoms with Gasteiger partial charge in [0.25, 0.3) is 17.9 Å². The molecule has 0 aromatic rings. The van der Waals surface area contributed by atoms with Crippen molar-refractivity contribution in [1.82, 2.24) is 0 Å². The first kappa shape index (κ1) is 18.8. The predicted octanol–water partition coefficient (Wildman–Crippen LogP) is 0.257. The van der Waals surface area contributed by atoms with Crippen LogP contribution in [0.1, 0.15) is 20.8 Å². The molecule has 0 fully saturated rings. The van der Waals surface area contributed by atoms with Crippen LogP contribution in [0, 0.1) is 0 Å². The molecule has 3 atom stereocenters.